The first-order valence-electron chi connectivity index (χ1n) is 7.33. The van der Waals surface area contributed by atoms with Gasteiger partial charge in [-0.3, -0.25) is 4.79 Å². The van der Waals surface area contributed by atoms with Crippen LogP contribution in [0.3, 0.4) is 0 Å². The molecule has 6 nitrogen and oxygen atoms in total. The third kappa shape index (κ3) is 3.40. The number of aromatic nitrogens is 3. The van der Waals surface area contributed by atoms with Crippen LogP contribution >= 0.6 is 0 Å². The topological polar surface area (TPSA) is 69.0 Å². The number of hydrogen-bond donors (Lipinski definition) is 1. The molecule has 3 rings (SSSR count). The number of carbonyl (C=O) groups is 1. The zero-order valence-electron chi connectivity index (χ0n) is 12.8. The Morgan fingerprint density at radius 3 is 2.88 bits per heavy atom. The molecule has 0 spiro atoms. The van der Waals surface area contributed by atoms with Crippen molar-refractivity contribution in [1.82, 2.24) is 15.0 Å². The molecule has 1 aliphatic heterocycles. The fraction of sp³-hybridized carbons (Fsp3) is 0.400. The molecule has 24 heavy (non-hydrogen) atoms. The maximum absolute atomic E-state index is 12.8. The summed E-state index contributed by atoms with van der Waals surface area (Å²) in [5.41, 5.74) is -0.171. The summed E-state index contributed by atoms with van der Waals surface area (Å²) in [6.07, 6.45) is -2.23. The molecule has 9 heteroatoms. The van der Waals surface area contributed by atoms with Crippen molar-refractivity contribution in [2.75, 3.05) is 18.5 Å². The number of anilines is 1. The first-order valence-corrected chi connectivity index (χ1v) is 7.33. The molecule has 0 radical (unpaired) electrons. The number of aryl methyl sites for hydroxylation is 1. The van der Waals surface area contributed by atoms with Crippen molar-refractivity contribution in [2.24, 2.45) is 0 Å². The largest absolute Gasteiger partial charge is 0.416 e. The highest BCUT2D eigenvalue weighted by molar-refractivity contribution is 6.03. The Labute approximate surface area is 135 Å². The molecule has 1 aromatic carbocycles. The van der Waals surface area contributed by atoms with Crippen LogP contribution in [0.4, 0.5) is 18.9 Å². The monoisotopic (exact) mass is 340 g/mol. The van der Waals surface area contributed by atoms with Crippen molar-refractivity contribution in [1.29, 1.82) is 0 Å². The van der Waals surface area contributed by atoms with Crippen LogP contribution in [0.2, 0.25) is 0 Å². The molecule has 2 heterocycles. The van der Waals surface area contributed by atoms with E-state index < -0.39 is 17.6 Å². The summed E-state index contributed by atoms with van der Waals surface area (Å²) in [5.74, 6) is -0.609. The van der Waals surface area contributed by atoms with Gasteiger partial charge >= 0.3 is 6.18 Å². The zero-order chi connectivity index (χ0) is 17.3. The lowest BCUT2D eigenvalue weighted by molar-refractivity contribution is -0.137. The maximum atomic E-state index is 12.8. The summed E-state index contributed by atoms with van der Waals surface area (Å²) in [4.78, 5) is 12.2. The highest BCUT2D eigenvalue weighted by Crippen LogP contribution is 2.32. The van der Waals surface area contributed by atoms with Gasteiger partial charge in [0.15, 0.2) is 5.69 Å². The Balaban J connectivity index is 1.77. The van der Waals surface area contributed by atoms with Gasteiger partial charge in [0.05, 0.1) is 24.4 Å². The highest BCUT2D eigenvalue weighted by Gasteiger charge is 2.31. The molecule has 1 aromatic heterocycles. The van der Waals surface area contributed by atoms with E-state index in [0.29, 0.717) is 18.8 Å². The van der Waals surface area contributed by atoms with Crippen molar-refractivity contribution in [2.45, 2.75) is 25.6 Å². The first-order chi connectivity index (χ1) is 11.3. The lowest BCUT2D eigenvalue weighted by Gasteiger charge is -2.11. The fourth-order valence-corrected chi connectivity index (χ4v) is 2.41. The molecule has 1 unspecified atom stereocenters. The van der Waals surface area contributed by atoms with Gasteiger partial charge < -0.3 is 10.1 Å². The van der Waals surface area contributed by atoms with Crippen LogP contribution in [0.1, 0.15) is 34.1 Å². The number of nitrogens with one attached hydrogen (secondary N) is 1. The normalized spacial score (nSPS) is 17.9. The van der Waals surface area contributed by atoms with Crippen molar-refractivity contribution < 1.29 is 22.7 Å². The maximum Gasteiger partial charge on any atom is 0.416 e. The number of alkyl halides is 3. The SMILES string of the molecule is Cc1ccc(C(F)(F)F)cc1NC(=O)c1cn(C2CCOC2)nn1. The van der Waals surface area contributed by atoms with Gasteiger partial charge in [0.1, 0.15) is 0 Å². The number of carbonyl (C=O) groups excluding carboxylic acids is 1. The van der Waals surface area contributed by atoms with E-state index in [0.717, 1.165) is 18.6 Å². The molecule has 0 saturated carbocycles. The van der Waals surface area contributed by atoms with Gasteiger partial charge in [-0.2, -0.15) is 13.2 Å². The van der Waals surface area contributed by atoms with Gasteiger partial charge in [-0.1, -0.05) is 11.3 Å². The number of nitrogens with zero attached hydrogens (tertiary/aromatic N) is 3. The van der Waals surface area contributed by atoms with Gasteiger partial charge in [0, 0.05) is 12.3 Å². The quantitative estimate of drug-likeness (QED) is 0.933. The summed E-state index contributed by atoms with van der Waals surface area (Å²) in [6.45, 7) is 2.73. The average molecular weight is 340 g/mol. The van der Waals surface area contributed by atoms with Gasteiger partial charge in [0.2, 0.25) is 0 Å². The lowest BCUT2D eigenvalue weighted by atomic mass is 10.1. The van der Waals surface area contributed by atoms with Crippen molar-refractivity contribution in [3.8, 4) is 0 Å². The second-order valence-corrected chi connectivity index (χ2v) is 5.58. The number of rotatable bonds is 3. The van der Waals surface area contributed by atoms with Gasteiger partial charge in [0.25, 0.3) is 5.91 Å². The molecule has 128 valence electrons. The summed E-state index contributed by atoms with van der Waals surface area (Å²) < 4.78 is 45.1. The number of benzene rings is 1. The molecule has 1 aliphatic rings. The Kier molecular flexibility index (Phi) is 4.27. The van der Waals surface area contributed by atoms with Crippen molar-refractivity contribution in [3.05, 3.63) is 41.2 Å². The first kappa shape index (κ1) is 16.4. The van der Waals surface area contributed by atoms with Crippen LogP contribution in [0, 0.1) is 6.92 Å². The summed E-state index contributed by atoms with van der Waals surface area (Å²) in [6, 6.07) is 3.21. The van der Waals surface area contributed by atoms with Crippen LogP contribution in [0.15, 0.2) is 24.4 Å². The second-order valence-electron chi connectivity index (χ2n) is 5.58. The van der Waals surface area contributed by atoms with E-state index >= 15 is 0 Å². The zero-order valence-corrected chi connectivity index (χ0v) is 12.8. The summed E-state index contributed by atoms with van der Waals surface area (Å²) in [5, 5.41) is 10.1. The van der Waals surface area contributed by atoms with Crippen LogP contribution in [0.25, 0.3) is 0 Å². The minimum Gasteiger partial charge on any atom is -0.379 e. The summed E-state index contributed by atoms with van der Waals surface area (Å²) >= 11 is 0. The minimum absolute atomic E-state index is 0.0225. The van der Waals surface area contributed by atoms with E-state index in [1.165, 1.54) is 12.3 Å². The van der Waals surface area contributed by atoms with Crippen molar-refractivity contribution >= 4 is 11.6 Å². The van der Waals surface area contributed by atoms with E-state index in [1.54, 1.807) is 11.6 Å². The van der Waals surface area contributed by atoms with E-state index in [9.17, 15) is 18.0 Å². The Bertz CT molecular complexity index is 751. The molecular weight excluding hydrogens is 325 g/mol. The fourth-order valence-electron chi connectivity index (χ4n) is 2.41. The molecule has 1 amide bonds. The third-order valence-electron chi connectivity index (χ3n) is 3.84. The van der Waals surface area contributed by atoms with Crippen molar-refractivity contribution in [3.63, 3.8) is 0 Å². The van der Waals surface area contributed by atoms with Crippen LogP contribution in [-0.2, 0) is 10.9 Å². The molecule has 2 aromatic rings. The highest BCUT2D eigenvalue weighted by atomic mass is 19.4. The van der Waals surface area contributed by atoms with Gasteiger partial charge in [-0.05, 0) is 31.0 Å². The second kappa shape index (κ2) is 6.23. The lowest BCUT2D eigenvalue weighted by Crippen LogP contribution is -2.15. The number of ether oxygens (including phenoxy) is 1. The Morgan fingerprint density at radius 2 is 2.21 bits per heavy atom. The van der Waals surface area contributed by atoms with E-state index in [1.807, 2.05) is 0 Å². The predicted molar refractivity (Wildman–Crippen MR) is 78.6 cm³/mol. The van der Waals surface area contributed by atoms with Gasteiger partial charge in [-0.15, -0.1) is 5.10 Å². The number of halogens is 3. The molecular formula is C15H15F3N4O2. The Morgan fingerprint density at radius 1 is 1.42 bits per heavy atom. The Hall–Kier alpha value is -2.42. The van der Waals surface area contributed by atoms with Crippen LogP contribution in [0.5, 0.6) is 0 Å². The van der Waals surface area contributed by atoms with E-state index in [2.05, 4.69) is 15.6 Å². The van der Waals surface area contributed by atoms with Gasteiger partial charge in [-0.25, -0.2) is 4.68 Å². The number of amides is 1. The summed E-state index contributed by atoms with van der Waals surface area (Å²) in [7, 11) is 0. The molecule has 1 saturated heterocycles. The molecule has 0 aliphatic carbocycles. The minimum atomic E-state index is -4.47. The predicted octanol–water partition coefficient (Wildman–Crippen LogP) is 2.82. The standard InChI is InChI=1S/C15H15F3N4O2/c1-9-2-3-10(15(16,17)18)6-12(9)19-14(23)13-7-22(21-20-13)11-4-5-24-8-11/h2-3,6-7,11H,4-5,8H2,1H3,(H,19,23). The van der Waals surface area contributed by atoms with E-state index in [4.69, 9.17) is 4.74 Å². The molecule has 1 fully saturated rings. The third-order valence-corrected chi connectivity index (χ3v) is 3.84. The average Bonchev–Trinajstić information content (AvgIpc) is 3.19. The molecule has 1 atom stereocenters. The van der Waals surface area contributed by atoms with Crippen LogP contribution < -0.4 is 5.32 Å². The van der Waals surface area contributed by atoms with Crippen LogP contribution in [-0.4, -0.2) is 34.1 Å². The smallest absolute Gasteiger partial charge is 0.379 e. The van der Waals surface area contributed by atoms with E-state index in [-0.39, 0.29) is 17.4 Å². The molecule has 0 bridgehead atoms. The number of hydrogen-bond acceptors (Lipinski definition) is 4. The molecule has 1 N–H and O–H groups in total.